The van der Waals surface area contributed by atoms with Gasteiger partial charge in [0.1, 0.15) is 6.04 Å². The molecule has 0 aliphatic carbocycles. The Hall–Kier alpha value is -1.10. The van der Waals surface area contributed by atoms with Gasteiger partial charge in [-0.1, -0.05) is 27.7 Å². The lowest BCUT2D eigenvalue weighted by Gasteiger charge is -2.38. The van der Waals surface area contributed by atoms with Gasteiger partial charge in [0, 0.05) is 19.0 Å². The molecule has 2 atom stereocenters. The number of piperidine rings is 1. The molecule has 1 saturated heterocycles. The number of ether oxygens (including phenoxy) is 1. The molecule has 0 saturated carbocycles. The van der Waals surface area contributed by atoms with E-state index in [0.29, 0.717) is 19.1 Å². The van der Waals surface area contributed by atoms with Gasteiger partial charge in [-0.2, -0.15) is 0 Å². The summed E-state index contributed by atoms with van der Waals surface area (Å²) in [6, 6.07) is -0.177. The highest BCUT2D eigenvalue weighted by Crippen LogP contribution is 2.22. The van der Waals surface area contributed by atoms with Crippen LogP contribution in [0, 0.1) is 17.8 Å². The van der Waals surface area contributed by atoms with E-state index in [1.807, 2.05) is 20.8 Å². The molecule has 0 aromatic heterocycles. The predicted molar refractivity (Wildman–Crippen MR) is 87.4 cm³/mol. The third-order valence-corrected chi connectivity index (χ3v) is 4.19. The number of rotatable bonds is 7. The Morgan fingerprint density at radius 2 is 1.95 bits per heavy atom. The number of likely N-dealkylation sites (tertiary alicyclic amines) is 1. The molecule has 22 heavy (non-hydrogen) atoms. The van der Waals surface area contributed by atoms with Gasteiger partial charge in [0.05, 0.1) is 6.61 Å². The number of hydrogen-bond donors (Lipinski definition) is 1. The van der Waals surface area contributed by atoms with Crippen LogP contribution in [0.2, 0.25) is 0 Å². The lowest BCUT2D eigenvalue weighted by molar-refractivity contribution is -0.152. The van der Waals surface area contributed by atoms with Gasteiger partial charge in [0.15, 0.2) is 0 Å². The van der Waals surface area contributed by atoms with E-state index in [9.17, 15) is 9.59 Å². The zero-order valence-corrected chi connectivity index (χ0v) is 14.7. The Labute approximate surface area is 134 Å². The highest BCUT2D eigenvalue weighted by molar-refractivity contribution is 5.77. The molecule has 0 bridgehead atoms. The summed E-state index contributed by atoms with van der Waals surface area (Å²) < 4.78 is 5.23. The Morgan fingerprint density at radius 1 is 1.27 bits per heavy atom. The van der Waals surface area contributed by atoms with Crippen molar-refractivity contribution in [2.75, 3.05) is 26.2 Å². The molecular formula is C17H32N2O3. The van der Waals surface area contributed by atoms with Crippen LogP contribution in [0.3, 0.4) is 0 Å². The summed E-state index contributed by atoms with van der Waals surface area (Å²) in [5.41, 5.74) is 0. The minimum absolute atomic E-state index is 0.0163. The molecule has 0 aromatic carbocycles. The molecule has 1 fully saturated rings. The van der Waals surface area contributed by atoms with Crippen molar-refractivity contribution in [1.82, 2.24) is 10.2 Å². The molecule has 5 heteroatoms. The van der Waals surface area contributed by atoms with Crippen LogP contribution in [0.25, 0.3) is 0 Å². The molecule has 5 nitrogen and oxygen atoms in total. The number of nitrogens with zero attached hydrogens (tertiary/aromatic N) is 1. The van der Waals surface area contributed by atoms with Crippen molar-refractivity contribution < 1.29 is 14.3 Å². The fourth-order valence-corrected chi connectivity index (χ4v) is 3.04. The third kappa shape index (κ3) is 5.59. The Balaban J connectivity index is 2.59. The van der Waals surface area contributed by atoms with Gasteiger partial charge >= 0.3 is 5.97 Å². The fraction of sp³-hybridized carbons (Fsp3) is 0.882. The Kier molecular flexibility index (Phi) is 7.87. The molecule has 1 aliphatic rings. The maximum atomic E-state index is 12.2. The van der Waals surface area contributed by atoms with Gasteiger partial charge in [-0.15, -0.1) is 0 Å². The summed E-state index contributed by atoms with van der Waals surface area (Å²) >= 11 is 0. The SMILES string of the molecule is CCOC(=O)C(C(C)C)N1CCCC(CNC(=O)C(C)C)C1. The summed E-state index contributed by atoms with van der Waals surface area (Å²) in [7, 11) is 0. The third-order valence-electron chi connectivity index (χ3n) is 4.19. The molecule has 128 valence electrons. The van der Waals surface area contributed by atoms with Crippen LogP contribution in [0.5, 0.6) is 0 Å². The van der Waals surface area contributed by atoms with Gasteiger partial charge in [0.2, 0.25) is 5.91 Å². The van der Waals surface area contributed by atoms with Crippen molar-refractivity contribution in [1.29, 1.82) is 0 Å². The highest BCUT2D eigenvalue weighted by atomic mass is 16.5. The standard InChI is InChI=1S/C17H32N2O3/c1-6-22-17(21)15(12(2)3)19-9-7-8-14(11-19)10-18-16(20)13(4)5/h12-15H,6-11H2,1-5H3,(H,18,20). The Bertz CT molecular complexity index is 369. The molecule has 0 spiro atoms. The molecule has 1 heterocycles. The molecule has 1 amide bonds. The lowest BCUT2D eigenvalue weighted by Crippen LogP contribution is -2.51. The first-order valence-electron chi connectivity index (χ1n) is 8.55. The average molecular weight is 312 g/mol. The van der Waals surface area contributed by atoms with Crippen LogP contribution in [-0.4, -0.2) is 49.1 Å². The Morgan fingerprint density at radius 3 is 2.50 bits per heavy atom. The van der Waals surface area contributed by atoms with Crippen molar-refractivity contribution in [2.45, 2.75) is 53.5 Å². The fourth-order valence-electron chi connectivity index (χ4n) is 3.04. The van der Waals surface area contributed by atoms with Gasteiger partial charge in [-0.05, 0) is 38.1 Å². The topological polar surface area (TPSA) is 58.6 Å². The first-order chi connectivity index (χ1) is 10.4. The second kappa shape index (κ2) is 9.13. The first kappa shape index (κ1) is 18.9. The van der Waals surface area contributed by atoms with E-state index in [4.69, 9.17) is 4.74 Å². The quantitative estimate of drug-likeness (QED) is 0.731. The summed E-state index contributed by atoms with van der Waals surface area (Å²) in [4.78, 5) is 26.2. The molecule has 1 rings (SSSR count). The van der Waals surface area contributed by atoms with Crippen molar-refractivity contribution in [3.05, 3.63) is 0 Å². The zero-order chi connectivity index (χ0) is 16.7. The van der Waals surface area contributed by atoms with E-state index in [1.165, 1.54) is 0 Å². The van der Waals surface area contributed by atoms with E-state index < -0.39 is 0 Å². The van der Waals surface area contributed by atoms with Crippen LogP contribution in [-0.2, 0) is 14.3 Å². The monoisotopic (exact) mass is 312 g/mol. The van der Waals surface area contributed by atoms with E-state index in [1.54, 1.807) is 0 Å². The molecular weight excluding hydrogens is 280 g/mol. The molecule has 2 unspecified atom stereocenters. The van der Waals surface area contributed by atoms with Crippen LogP contribution >= 0.6 is 0 Å². The summed E-state index contributed by atoms with van der Waals surface area (Å²) in [6.07, 6.45) is 2.16. The first-order valence-corrected chi connectivity index (χ1v) is 8.55. The maximum Gasteiger partial charge on any atom is 0.323 e. The maximum absolute atomic E-state index is 12.2. The van der Waals surface area contributed by atoms with Gasteiger partial charge in [0.25, 0.3) is 0 Å². The molecule has 1 aliphatic heterocycles. The molecule has 1 N–H and O–H groups in total. The van der Waals surface area contributed by atoms with Gasteiger partial charge in [-0.3, -0.25) is 14.5 Å². The van der Waals surface area contributed by atoms with Crippen molar-refractivity contribution in [3.8, 4) is 0 Å². The molecule has 0 aromatic rings. The van der Waals surface area contributed by atoms with Gasteiger partial charge < -0.3 is 10.1 Å². The number of amides is 1. The minimum atomic E-state index is -0.177. The zero-order valence-electron chi connectivity index (χ0n) is 14.7. The summed E-state index contributed by atoms with van der Waals surface area (Å²) in [6.45, 7) is 12.7. The van der Waals surface area contributed by atoms with Crippen LogP contribution in [0.15, 0.2) is 0 Å². The van der Waals surface area contributed by atoms with Crippen LogP contribution in [0.1, 0.15) is 47.5 Å². The molecule has 0 radical (unpaired) electrons. The van der Waals surface area contributed by atoms with Gasteiger partial charge in [-0.25, -0.2) is 0 Å². The van der Waals surface area contributed by atoms with Crippen LogP contribution < -0.4 is 5.32 Å². The number of nitrogens with one attached hydrogen (secondary N) is 1. The minimum Gasteiger partial charge on any atom is -0.465 e. The second-order valence-electron chi connectivity index (χ2n) is 6.84. The average Bonchev–Trinajstić information content (AvgIpc) is 2.45. The largest absolute Gasteiger partial charge is 0.465 e. The second-order valence-corrected chi connectivity index (χ2v) is 6.84. The summed E-state index contributed by atoms with van der Waals surface area (Å²) in [5.74, 6) is 0.630. The number of esters is 1. The number of hydrogen-bond acceptors (Lipinski definition) is 4. The highest BCUT2D eigenvalue weighted by Gasteiger charge is 2.33. The smallest absolute Gasteiger partial charge is 0.323 e. The van der Waals surface area contributed by atoms with Crippen LogP contribution in [0.4, 0.5) is 0 Å². The van der Waals surface area contributed by atoms with E-state index in [2.05, 4.69) is 24.1 Å². The van der Waals surface area contributed by atoms with Crippen molar-refractivity contribution in [2.24, 2.45) is 17.8 Å². The van der Waals surface area contributed by atoms with E-state index in [0.717, 1.165) is 25.9 Å². The normalized spacial score (nSPS) is 21.0. The number of carbonyl (C=O) groups is 2. The van der Waals surface area contributed by atoms with Crippen molar-refractivity contribution in [3.63, 3.8) is 0 Å². The predicted octanol–water partition coefficient (Wildman–Crippen LogP) is 2.06. The van der Waals surface area contributed by atoms with Crippen molar-refractivity contribution >= 4 is 11.9 Å². The van der Waals surface area contributed by atoms with E-state index >= 15 is 0 Å². The lowest BCUT2D eigenvalue weighted by atomic mass is 9.93. The summed E-state index contributed by atoms with van der Waals surface area (Å²) in [5, 5.41) is 3.01. The van der Waals surface area contributed by atoms with E-state index in [-0.39, 0.29) is 29.8 Å². The number of carbonyl (C=O) groups excluding carboxylic acids is 2.